The highest BCUT2D eigenvalue weighted by Crippen LogP contribution is 2.35. The Morgan fingerprint density at radius 2 is 1.68 bits per heavy atom. The van der Waals surface area contributed by atoms with Gasteiger partial charge in [0.05, 0.1) is 0 Å². The van der Waals surface area contributed by atoms with Crippen molar-refractivity contribution in [1.82, 2.24) is 15.1 Å². The largest absolute Gasteiger partial charge is 0.356 e. The minimum Gasteiger partial charge on any atom is -0.356 e. The predicted molar refractivity (Wildman–Crippen MR) is 93.3 cm³/mol. The molecule has 3 rings (SSSR count). The number of likely N-dealkylation sites (tertiary alicyclic amines) is 2. The first-order valence-corrected chi connectivity index (χ1v) is 9.55. The topological polar surface area (TPSA) is 30.9 Å². The minimum absolute atomic E-state index is 0.933. The minimum atomic E-state index is 0.933. The Hall–Kier alpha value is -0.770. The lowest BCUT2D eigenvalue weighted by Crippen LogP contribution is -2.40. The number of rotatable bonds is 5. The quantitative estimate of drug-likeness (QED) is 0.481. The van der Waals surface area contributed by atoms with E-state index in [0.717, 1.165) is 24.3 Å². The third-order valence-electron chi connectivity index (χ3n) is 5.87. The molecule has 2 heterocycles. The van der Waals surface area contributed by atoms with E-state index in [4.69, 9.17) is 0 Å². The summed E-state index contributed by atoms with van der Waals surface area (Å²) < 4.78 is 0. The molecule has 2 unspecified atom stereocenters. The first-order valence-electron chi connectivity index (χ1n) is 9.55. The molecule has 3 fully saturated rings. The van der Waals surface area contributed by atoms with Gasteiger partial charge in [0.15, 0.2) is 5.96 Å². The lowest BCUT2D eigenvalue weighted by atomic mass is 9.82. The summed E-state index contributed by atoms with van der Waals surface area (Å²) >= 11 is 0. The van der Waals surface area contributed by atoms with Crippen LogP contribution in [0.3, 0.4) is 0 Å². The smallest absolute Gasteiger partial charge is 0.193 e. The summed E-state index contributed by atoms with van der Waals surface area (Å²) in [5.41, 5.74) is 0. The zero-order chi connectivity index (χ0) is 15.2. The van der Waals surface area contributed by atoms with Gasteiger partial charge in [-0.2, -0.15) is 0 Å². The molecule has 0 bridgehead atoms. The fraction of sp³-hybridized carbons (Fsp3) is 0.944. The first-order chi connectivity index (χ1) is 10.9. The van der Waals surface area contributed by atoms with Gasteiger partial charge in [-0.05, 0) is 70.0 Å². The van der Waals surface area contributed by atoms with Crippen molar-refractivity contribution in [2.45, 2.75) is 51.4 Å². The maximum atomic E-state index is 4.52. The molecule has 4 heteroatoms. The molecule has 0 amide bonds. The van der Waals surface area contributed by atoms with Crippen molar-refractivity contribution in [2.75, 3.05) is 46.3 Å². The van der Waals surface area contributed by atoms with Crippen LogP contribution in [0.2, 0.25) is 0 Å². The second kappa shape index (κ2) is 8.19. The number of unbranched alkanes of at least 4 members (excludes halogenated alkanes) is 1. The van der Waals surface area contributed by atoms with Crippen LogP contribution in [0.15, 0.2) is 4.99 Å². The number of nitrogens with zero attached hydrogens (tertiary/aromatic N) is 3. The second-order valence-electron chi connectivity index (χ2n) is 7.44. The summed E-state index contributed by atoms with van der Waals surface area (Å²) in [6.45, 7) is 7.48. The van der Waals surface area contributed by atoms with Crippen LogP contribution >= 0.6 is 0 Å². The van der Waals surface area contributed by atoms with Gasteiger partial charge < -0.3 is 15.1 Å². The number of guanidine groups is 1. The molecule has 4 nitrogen and oxygen atoms in total. The fourth-order valence-corrected chi connectivity index (χ4v) is 4.58. The molecule has 3 aliphatic rings. The molecule has 0 aromatic carbocycles. The Kier molecular flexibility index (Phi) is 5.99. The van der Waals surface area contributed by atoms with Gasteiger partial charge in [0.2, 0.25) is 0 Å². The highest BCUT2D eigenvalue weighted by molar-refractivity contribution is 5.80. The van der Waals surface area contributed by atoms with Crippen LogP contribution in [0, 0.1) is 11.8 Å². The van der Waals surface area contributed by atoms with E-state index < -0.39 is 0 Å². The Labute approximate surface area is 136 Å². The summed E-state index contributed by atoms with van der Waals surface area (Å²) in [6, 6.07) is 0. The van der Waals surface area contributed by atoms with E-state index in [1.807, 2.05) is 7.05 Å². The van der Waals surface area contributed by atoms with Crippen LogP contribution < -0.4 is 5.32 Å². The molecule has 1 N–H and O–H groups in total. The van der Waals surface area contributed by atoms with Gasteiger partial charge in [0, 0.05) is 26.7 Å². The van der Waals surface area contributed by atoms with Gasteiger partial charge in [0.25, 0.3) is 0 Å². The number of aliphatic imine (C=N–C) groups is 1. The summed E-state index contributed by atoms with van der Waals surface area (Å²) in [4.78, 5) is 9.65. The number of hydrogen-bond donors (Lipinski definition) is 1. The molecule has 22 heavy (non-hydrogen) atoms. The highest BCUT2D eigenvalue weighted by atomic mass is 15.3. The molecule has 0 aromatic rings. The Morgan fingerprint density at radius 1 is 1.00 bits per heavy atom. The van der Waals surface area contributed by atoms with Crippen molar-refractivity contribution in [3.05, 3.63) is 0 Å². The van der Waals surface area contributed by atoms with Crippen LogP contribution in [0.1, 0.15) is 51.4 Å². The zero-order valence-electron chi connectivity index (χ0n) is 14.4. The fourth-order valence-electron chi connectivity index (χ4n) is 4.58. The van der Waals surface area contributed by atoms with E-state index in [-0.39, 0.29) is 0 Å². The third kappa shape index (κ3) is 4.15. The highest BCUT2D eigenvalue weighted by Gasteiger charge is 2.35. The molecule has 2 atom stereocenters. The van der Waals surface area contributed by atoms with Crippen LogP contribution in [-0.2, 0) is 0 Å². The molecule has 0 radical (unpaired) electrons. The maximum absolute atomic E-state index is 4.52. The molecular formula is C18H34N4. The standard InChI is InChI=1S/C18H34N4/c1-19-18(20-10-4-5-11-21-12-6-7-13-21)22-14-16-8-2-3-9-17(16)15-22/h16-17H,2-15H2,1H3,(H,19,20). The Bertz CT molecular complexity index is 348. The zero-order valence-corrected chi connectivity index (χ0v) is 14.4. The average molecular weight is 306 g/mol. The van der Waals surface area contributed by atoms with Crippen molar-refractivity contribution in [3.8, 4) is 0 Å². The van der Waals surface area contributed by atoms with Crippen molar-refractivity contribution in [1.29, 1.82) is 0 Å². The van der Waals surface area contributed by atoms with E-state index in [1.54, 1.807) is 0 Å². The summed E-state index contributed by atoms with van der Waals surface area (Å²) in [6.07, 6.45) is 11.1. The molecule has 0 aromatic heterocycles. The Morgan fingerprint density at radius 3 is 2.32 bits per heavy atom. The van der Waals surface area contributed by atoms with Gasteiger partial charge in [-0.1, -0.05) is 12.8 Å². The lowest BCUT2D eigenvalue weighted by Gasteiger charge is -2.22. The summed E-state index contributed by atoms with van der Waals surface area (Å²) in [7, 11) is 1.94. The van der Waals surface area contributed by atoms with Gasteiger partial charge in [-0.15, -0.1) is 0 Å². The molecule has 1 aliphatic carbocycles. The van der Waals surface area contributed by atoms with Gasteiger partial charge >= 0.3 is 0 Å². The number of hydrogen-bond acceptors (Lipinski definition) is 2. The number of fused-ring (bicyclic) bond motifs is 1. The van der Waals surface area contributed by atoms with Crippen molar-refractivity contribution in [2.24, 2.45) is 16.8 Å². The van der Waals surface area contributed by atoms with Crippen LogP contribution in [-0.4, -0.2) is 62.1 Å². The van der Waals surface area contributed by atoms with Gasteiger partial charge in [0.1, 0.15) is 0 Å². The van der Waals surface area contributed by atoms with E-state index in [2.05, 4.69) is 20.1 Å². The summed E-state index contributed by atoms with van der Waals surface area (Å²) in [5, 5.41) is 3.60. The molecule has 0 spiro atoms. The van der Waals surface area contributed by atoms with Crippen LogP contribution in [0.25, 0.3) is 0 Å². The second-order valence-corrected chi connectivity index (χ2v) is 7.44. The average Bonchev–Trinajstić information content (AvgIpc) is 3.19. The predicted octanol–water partition coefficient (Wildman–Crippen LogP) is 2.56. The molecular weight excluding hydrogens is 272 g/mol. The van der Waals surface area contributed by atoms with Crippen molar-refractivity contribution < 1.29 is 0 Å². The summed E-state index contributed by atoms with van der Waals surface area (Å²) in [5.74, 6) is 3.01. The maximum Gasteiger partial charge on any atom is 0.193 e. The lowest BCUT2D eigenvalue weighted by molar-refractivity contribution is 0.299. The van der Waals surface area contributed by atoms with E-state index >= 15 is 0 Å². The Balaban J connectivity index is 1.33. The molecule has 126 valence electrons. The van der Waals surface area contributed by atoms with Gasteiger partial charge in [-0.25, -0.2) is 0 Å². The van der Waals surface area contributed by atoms with Gasteiger partial charge in [-0.3, -0.25) is 4.99 Å². The molecule has 2 aliphatic heterocycles. The normalized spacial score (nSPS) is 29.9. The monoisotopic (exact) mass is 306 g/mol. The van der Waals surface area contributed by atoms with Crippen molar-refractivity contribution in [3.63, 3.8) is 0 Å². The van der Waals surface area contributed by atoms with E-state index in [0.29, 0.717) is 0 Å². The van der Waals surface area contributed by atoms with Crippen LogP contribution in [0.4, 0.5) is 0 Å². The van der Waals surface area contributed by atoms with Crippen LogP contribution in [0.5, 0.6) is 0 Å². The van der Waals surface area contributed by atoms with Crippen molar-refractivity contribution >= 4 is 5.96 Å². The number of nitrogens with one attached hydrogen (secondary N) is 1. The first kappa shape index (κ1) is 16.1. The molecule has 2 saturated heterocycles. The van der Waals surface area contributed by atoms with E-state index in [9.17, 15) is 0 Å². The molecule has 1 saturated carbocycles. The van der Waals surface area contributed by atoms with E-state index in [1.165, 1.54) is 84.1 Å². The SMILES string of the molecule is CN=C(NCCCCN1CCCC1)N1CC2CCCCC2C1. The third-order valence-corrected chi connectivity index (χ3v) is 5.87.